The lowest BCUT2D eigenvalue weighted by Crippen LogP contribution is -2.44. The van der Waals surface area contributed by atoms with Crippen molar-refractivity contribution < 1.29 is 8.42 Å². The van der Waals surface area contributed by atoms with Crippen LogP contribution in [0, 0.1) is 0 Å². The summed E-state index contributed by atoms with van der Waals surface area (Å²) < 4.78 is 29.3. The molecule has 1 aromatic rings. The fraction of sp³-hybridized carbons (Fsp3) is 0.625. The quantitative estimate of drug-likeness (QED) is 0.697. The highest BCUT2D eigenvalue weighted by molar-refractivity contribution is 7.87. The van der Waals surface area contributed by atoms with E-state index in [-0.39, 0.29) is 12.6 Å². The maximum absolute atomic E-state index is 12.5. The van der Waals surface area contributed by atoms with Gasteiger partial charge in [0.25, 0.3) is 10.2 Å². The second kappa shape index (κ2) is 9.59. The third kappa shape index (κ3) is 6.04. The summed E-state index contributed by atoms with van der Waals surface area (Å²) in [5.41, 5.74) is 0.916. The van der Waals surface area contributed by atoms with Gasteiger partial charge in [-0.05, 0) is 38.6 Å². The van der Waals surface area contributed by atoms with Crippen LogP contribution < -0.4 is 4.72 Å². The van der Waals surface area contributed by atoms with Crippen LogP contribution in [0.3, 0.4) is 0 Å². The van der Waals surface area contributed by atoms with Crippen LogP contribution in [0.15, 0.2) is 24.3 Å². The number of halogens is 1. The molecule has 0 bridgehead atoms. The first-order chi connectivity index (χ1) is 10.8. The van der Waals surface area contributed by atoms with Crippen LogP contribution in [0.1, 0.15) is 38.3 Å². The maximum atomic E-state index is 12.5. The number of rotatable bonds is 10. The molecule has 1 unspecified atom stereocenters. The first-order valence-corrected chi connectivity index (χ1v) is 9.80. The summed E-state index contributed by atoms with van der Waals surface area (Å²) in [6.07, 6.45) is 1.59. The minimum Gasteiger partial charge on any atom is -0.301 e. The van der Waals surface area contributed by atoms with E-state index in [1.165, 1.54) is 4.31 Å². The van der Waals surface area contributed by atoms with Gasteiger partial charge in [0, 0.05) is 30.7 Å². The van der Waals surface area contributed by atoms with E-state index < -0.39 is 10.2 Å². The van der Waals surface area contributed by atoms with E-state index in [1.807, 2.05) is 57.1 Å². The zero-order valence-electron chi connectivity index (χ0n) is 14.4. The highest BCUT2D eigenvalue weighted by atomic mass is 35.5. The van der Waals surface area contributed by atoms with Crippen LogP contribution in [-0.2, 0) is 10.2 Å². The average Bonchev–Trinajstić information content (AvgIpc) is 2.48. The van der Waals surface area contributed by atoms with Crippen LogP contribution >= 0.6 is 11.6 Å². The number of benzene rings is 1. The summed E-state index contributed by atoms with van der Waals surface area (Å²) in [5.74, 6) is 0. The summed E-state index contributed by atoms with van der Waals surface area (Å²) in [5, 5.41) is 0.643. The van der Waals surface area contributed by atoms with E-state index in [0.717, 1.165) is 18.4 Å². The SMILES string of the molecule is CCCN(CCC)S(=O)(=O)NCC(c1ccccc1Cl)N(C)C. The zero-order valence-corrected chi connectivity index (χ0v) is 16.0. The van der Waals surface area contributed by atoms with Gasteiger partial charge < -0.3 is 4.90 Å². The van der Waals surface area contributed by atoms with E-state index in [1.54, 1.807) is 0 Å². The van der Waals surface area contributed by atoms with Crippen LogP contribution in [0.4, 0.5) is 0 Å². The molecule has 0 radical (unpaired) electrons. The van der Waals surface area contributed by atoms with Gasteiger partial charge in [0.05, 0.1) is 0 Å². The first-order valence-electron chi connectivity index (χ1n) is 7.99. The predicted octanol–water partition coefficient (Wildman–Crippen LogP) is 2.90. The molecule has 1 atom stereocenters. The van der Waals surface area contributed by atoms with Gasteiger partial charge in [0.1, 0.15) is 0 Å². The summed E-state index contributed by atoms with van der Waals surface area (Å²) in [6, 6.07) is 7.41. The summed E-state index contributed by atoms with van der Waals surface area (Å²) in [7, 11) is 0.347. The Morgan fingerprint density at radius 3 is 2.17 bits per heavy atom. The zero-order chi connectivity index (χ0) is 17.5. The molecule has 0 amide bonds. The van der Waals surface area contributed by atoms with Crippen molar-refractivity contribution in [1.29, 1.82) is 0 Å². The van der Waals surface area contributed by atoms with Crippen molar-refractivity contribution in [2.45, 2.75) is 32.7 Å². The van der Waals surface area contributed by atoms with Crippen LogP contribution in [-0.4, -0.2) is 51.4 Å². The molecular weight excluding hydrogens is 334 g/mol. The molecule has 0 saturated heterocycles. The van der Waals surface area contributed by atoms with E-state index in [4.69, 9.17) is 11.6 Å². The molecule has 132 valence electrons. The van der Waals surface area contributed by atoms with Crippen LogP contribution in [0.2, 0.25) is 5.02 Å². The number of nitrogens with one attached hydrogen (secondary N) is 1. The van der Waals surface area contributed by atoms with Gasteiger partial charge in [0.2, 0.25) is 0 Å². The van der Waals surface area contributed by atoms with Gasteiger partial charge in [-0.15, -0.1) is 0 Å². The Morgan fingerprint density at radius 2 is 1.70 bits per heavy atom. The van der Waals surface area contributed by atoms with Gasteiger partial charge >= 0.3 is 0 Å². The molecule has 0 aliphatic rings. The van der Waals surface area contributed by atoms with Crippen molar-refractivity contribution in [3.05, 3.63) is 34.9 Å². The average molecular weight is 362 g/mol. The number of hydrogen-bond donors (Lipinski definition) is 1. The van der Waals surface area contributed by atoms with E-state index in [2.05, 4.69) is 4.72 Å². The highest BCUT2D eigenvalue weighted by Crippen LogP contribution is 2.25. The molecule has 0 aliphatic heterocycles. The third-order valence-electron chi connectivity index (χ3n) is 3.63. The van der Waals surface area contributed by atoms with E-state index in [9.17, 15) is 8.42 Å². The molecule has 0 aliphatic carbocycles. The first kappa shape index (κ1) is 20.4. The molecule has 23 heavy (non-hydrogen) atoms. The monoisotopic (exact) mass is 361 g/mol. The molecule has 1 rings (SSSR count). The molecule has 0 heterocycles. The Balaban J connectivity index is 2.88. The highest BCUT2D eigenvalue weighted by Gasteiger charge is 2.24. The van der Waals surface area contributed by atoms with Crippen molar-refractivity contribution in [2.24, 2.45) is 0 Å². The molecule has 0 spiro atoms. The Labute approximate surface area is 145 Å². The molecule has 0 aromatic heterocycles. The van der Waals surface area contributed by atoms with E-state index in [0.29, 0.717) is 18.1 Å². The fourth-order valence-electron chi connectivity index (χ4n) is 2.44. The van der Waals surface area contributed by atoms with Gasteiger partial charge in [-0.3, -0.25) is 0 Å². The smallest absolute Gasteiger partial charge is 0.279 e. The maximum Gasteiger partial charge on any atom is 0.279 e. The number of likely N-dealkylation sites (N-methyl/N-ethyl adjacent to an activating group) is 1. The lowest BCUT2D eigenvalue weighted by atomic mass is 10.1. The van der Waals surface area contributed by atoms with Crippen molar-refractivity contribution in [2.75, 3.05) is 33.7 Å². The van der Waals surface area contributed by atoms with Crippen molar-refractivity contribution >= 4 is 21.8 Å². The Kier molecular flexibility index (Phi) is 8.50. The molecule has 1 aromatic carbocycles. The summed E-state index contributed by atoms with van der Waals surface area (Å²) >= 11 is 6.26. The van der Waals surface area contributed by atoms with Crippen LogP contribution in [0.5, 0.6) is 0 Å². The number of hydrogen-bond acceptors (Lipinski definition) is 3. The lowest BCUT2D eigenvalue weighted by Gasteiger charge is -2.28. The largest absolute Gasteiger partial charge is 0.301 e. The van der Waals surface area contributed by atoms with E-state index >= 15 is 0 Å². The van der Waals surface area contributed by atoms with Gasteiger partial charge in [0.15, 0.2) is 0 Å². The summed E-state index contributed by atoms with van der Waals surface area (Å²) in [4.78, 5) is 1.97. The van der Waals surface area contributed by atoms with Gasteiger partial charge in [-0.1, -0.05) is 43.6 Å². The minimum atomic E-state index is -3.48. The standard InChI is InChI=1S/C16H28ClN3O2S/c1-5-11-20(12-6-2)23(21,22)18-13-16(19(3)4)14-9-7-8-10-15(14)17/h7-10,16,18H,5-6,11-13H2,1-4H3. The second-order valence-electron chi connectivity index (χ2n) is 5.75. The molecule has 0 fully saturated rings. The second-order valence-corrected chi connectivity index (χ2v) is 7.92. The van der Waals surface area contributed by atoms with Gasteiger partial charge in [-0.25, -0.2) is 4.72 Å². The fourth-order valence-corrected chi connectivity index (χ4v) is 4.10. The third-order valence-corrected chi connectivity index (χ3v) is 5.55. The molecule has 0 saturated carbocycles. The Hall–Kier alpha value is -0.660. The van der Waals surface area contributed by atoms with Crippen LogP contribution in [0.25, 0.3) is 0 Å². The predicted molar refractivity (Wildman–Crippen MR) is 97.0 cm³/mol. The lowest BCUT2D eigenvalue weighted by molar-refractivity contribution is 0.296. The molecule has 5 nitrogen and oxygen atoms in total. The Bertz CT molecular complexity index is 572. The van der Waals surface area contributed by atoms with Crippen molar-refractivity contribution in [1.82, 2.24) is 13.9 Å². The van der Waals surface area contributed by atoms with Crippen molar-refractivity contribution in [3.8, 4) is 0 Å². The topological polar surface area (TPSA) is 52.7 Å². The molecule has 7 heteroatoms. The number of nitrogens with zero attached hydrogens (tertiary/aromatic N) is 2. The molecular formula is C16H28ClN3O2S. The minimum absolute atomic E-state index is 0.122. The molecule has 1 N–H and O–H groups in total. The van der Waals surface area contributed by atoms with Crippen molar-refractivity contribution in [3.63, 3.8) is 0 Å². The normalized spacial score (nSPS) is 13.7. The Morgan fingerprint density at radius 1 is 1.13 bits per heavy atom. The summed E-state index contributed by atoms with van der Waals surface area (Å²) in [6.45, 7) is 5.29. The van der Waals surface area contributed by atoms with Gasteiger partial charge in [-0.2, -0.15) is 12.7 Å².